The number of nitrogens with zero attached hydrogens (tertiary/aromatic N) is 2. The molecule has 1 aromatic heterocycles. The zero-order valence-electron chi connectivity index (χ0n) is 12.3. The highest BCUT2D eigenvalue weighted by Gasteiger charge is 2.07. The molecule has 1 heterocycles. The number of thioether (sulfide) groups is 1. The lowest BCUT2D eigenvalue weighted by atomic mass is 10.2. The second-order valence-corrected chi connectivity index (χ2v) is 5.70. The number of hydrogen-bond acceptors (Lipinski definition) is 5. The highest BCUT2D eigenvalue weighted by molar-refractivity contribution is 7.98. The van der Waals surface area contributed by atoms with Gasteiger partial charge < -0.3 is 10.1 Å². The van der Waals surface area contributed by atoms with Crippen LogP contribution in [0.2, 0.25) is 5.02 Å². The summed E-state index contributed by atoms with van der Waals surface area (Å²) in [6.07, 6.45) is 2.97. The molecule has 0 fully saturated rings. The third-order valence-electron chi connectivity index (χ3n) is 2.77. The maximum atomic E-state index is 6.02. The van der Waals surface area contributed by atoms with Crippen molar-refractivity contribution >= 4 is 29.2 Å². The Hall–Kier alpha value is -1.46. The molecule has 1 aromatic carbocycles. The summed E-state index contributed by atoms with van der Waals surface area (Å²) in [6.45, 7) is 4.92. The fourth-order valence-corrected chi connectivity index (χ4v) is 2.18. The van der Waals surface area contributed by atoms with Gasteiger partial charge in [-0.1, -0.05) is 30.3 Å². The summed E-state index contributed by atoms with van der Waals surface area (Å²) in [5.41, 5.74) is 0.970. The van der Waals surface area contributed by atoms with E-state index >= 15 is 0 Å². The summed E-state index contributed by atoms with van der Waals surface area (Å²) in [6, 6.07) is 7.34. The predicted octanol–water partition coefficient (Wildman–Crippen LogP) is 4.77. The number of aromatic nitrogens is 2. The van der Waals surface area contributed by atoms with E-state index in [1.54, 1.807) is 6.07 Å². The first kappa shape index (κ1) is 15.9. The first-order valence-corrected chi connectivity index (χ1v) is 8.33. The van der Waals surface area contributed by atoms with Crippen LogP contribution in [0.4, 0.5) is 5.82 Å². The second-order valence-electron chi connectivity index (χ2n) is 4.52. The number of halogens is 1. The van der Waals surface area contributed by atoms with Crippen LogP contribution in [-0.4, -0.2) is 22.8 Å². The van der Waals surface area contributed by atoms with E-state index < -0.39 is 0 Å². The van der Waals surface area contributed by atoms with Crippen LogP contribution in [0.3, 0.4) is 0 Å². The highest BCUT2D eigenvalue weighted by atomic mass is 35.5. The number of hydrogen-bond donors (Lipinski definition) is 1. The van der Waals surface area contributed by atoms with Crippen molar-refractivity contribution in [3.8, 4) is 11.6 Å². The smallest absolute Gasteiger partial charge is 0.225 e. The topological polar surface area (TPSA) is 47.0 Å². The van der Waals surface area contributed by atoms with Crippen molar-refractivity contribution in [2.45, 2.75) is 25.4 Å². The molecule has 21 heavy (non-hydrogen) atoms. The molecule has 2 rings (SSSR count). The van der Waals surface area contributed by atoms with Crippen molar-refractivity contribution < 1.29 is 4.74 Å². The number of rotatable bonds is 6. The van der Waals surface area contributed by atoms with E-state index in [0.29, 0.717) is 16.8 Å². The molecule has 0 saturated heterocycles. The van der Waals surface area contributed by atoms with Crippen LogP contribution in [0.15, 0.2) is 29.4 Å². The van der Waals surface area contributed by atoms with Gasteiger partial charge in [0, 0.05) is 17.6 Å². The van der Waals surface area contributed by atoms with Crippen LogP contribution < -0.4 is 10.1 Å². The summed E-state index contributed by atoms with van der Waals surface area (Å²) in [5.74, 6) is 2.01. The molecule has 4 nitrogen and oxygen atoms in total. The molecule has 1 N–H and O–H groups in total. The van der Waals surface area contributed by atoms with Crippen molar-refractivity contribution in [2.75, 3.05) is 18.1 Å². The van der Waals surface area contributed by atoms with Gasteiger partial charge in [-0.25, -0.2) is 4.98 Å². The minimum atomic E-state index is 0.523. The zero-order chi connectivity index (χ0) is 15.2. The Morgan fingerprint density at radius 3 is 2.76 bits per heavy atom. The van der Waals surface area contributed by atoms with Crippen molar-refractivity contribution in [3.63, 3.8) is 0 Å². The molecule has 6 heteroatoms. The van der Waals surface area contributed by atoms with Gasteiger partial charge in [0.15, 0.2) is 5.16 Å². The highest BCUT2D eigenvalue weighted by Crippen LogP contribution is 2.27. The first-order chi connectivity index (χ1) is 10.1. The molecule has 0 saturated carbocycles. The van der Waals surface area contributed by atoms with Crippen LogP contribution in [-0.2, 0) is 0 Å². The van der Waals surface area contributed by atoms with Crippen LogP contribution in [0, 0.1) is 6.92 Å². The van der Waals surface area contributed by atoms with Crippen molar-refractivity contribution in [3.05, 3.63) is 34.9 Å². The lowest BCUT2D eigenvalue weighted by molar-refractivity contribution is 0.455. The van der Waals surface area contributed by atoms with E-state index in [2.05, 4.69) is 22.2 Å². The lowest BCUT2D eigenvalue weighted by Crippen LogP contribution is -2.04. The standard InChI is InChI=1S/C15H18ClN3OS/c1-4-7-17-13-9-14(19-15(18-13)21-3)20-11-5-6-12(16)10(2)8-11/h5-6,8-9H,4,7H2,1-3H3,(H,17,18,19). The van der Waals surface area contributed by atoms with Gasteiger partial charge in [-0.2, -0.15) is 4.98 Å². The third-order valence-corrected chi connectivity index (χ3v) is 3.74. The number of nitrogens with one attached hydrogen (secondary N) is 1. The molecule has 0 spiro atoms. The maximum Gasteiger partial charge on any atom is 0.225 e. The van der Waals surface area contributed by atoms with E-state index in [0.717, 1.165) is 29.4 Å². The SMILES string of the molecule is CCCNc1cc(Oc2ccc(Cl)c(C)c2)nc(SC)n1. The van der Waals surface area contributed by atoms with E-state index in [-0.39, 0.29) is 0 Å². The summed E-state index contributed by atoms with van der Waals surface area (Å²) >= 11 is 7.50. The van der Waals surface area contributed by atoms with Crippen molar-refractivity contribution in [1.29, 1.82) is 0 Å². The Kier molecular flexibility index (Phi) is 5.70. The van der Waals surface area contributed by atoms with Gasteiger partial charge in [0.25, 0.3) is 0 Å². The van der Waals surface area contributed by atoms with Crippen LogP contribution >= 0.6 is 23.4 Å². The Bertz CT molecular complexity index is 622. The molecule has 112 valence electrons. The van der Waals surface area contributed by atoms with Crippen LogP contribution in [0.1, 0.15) is 18.9 Å². The van der Waals surface area contributed by atoms with Gasteiger partial charge in [0.1, 0.15) is 11.6 Å². The van der Waals surface area contributed by atoms with Gasteiger partial charge in [-0.05, 0) is 43.4 Å². The number of benzene rings is 1. The Morgan fingerprint density at radius 1 is 1.29 bits per heavy atom. The zero-order valence-corrected chi connectivity index (χ0v) is 13.9. The van der Waals surface area contributed by atoms with Crippen LogP contribution in [0.25, 0.3) is 0 Å². The van der Waals surface area contributed by atoms with Gasteiger partial charge in [-0.15, -0.1) is 0 Å². The third kappa shape index (κ3) is 4.51. The number of aryl methyl sites for hydroxylation is 1. The molecule has 2 aromatic rings. The van der Waals surface area contributed by atoms with Gasteiger partial charge in [0.2, 0.25) is 5.88 Å². The monoisotopic (exact) mass is 323 g/mol. The molecule has 0 unspecified atom stereocenters. The second kappa shape index (κ2) is 7.52. The van der Waals surface area contributed by atoms with E-state index in [4.69, 9.17) is 16.3 Å². The fourth-order valence-electron chi connectivity index (χ4n) is 1.69. The average Bonchev–Trinajstić information content (AvgIpc) is 2.48. The largest absolute Gasteiger partial charge is 0.439 e. The van der Waals surface area contributed by atoms with Gasteiger partial charge >= 0.3 is 0 Å². The minimum Gasteiger partial charge on any atom is -0.439 e. The van der Waals surface area contributed by atoms with E-state index in [1.807, 2.05) is 31.4 Å². The molecule has 0 atom stereocenters. The van der Waals surface area contributed by atoms with E-state index in [9.17, 15) is 0 Å². The van der Waals surface area contributed by atoms with Crippen LogP contribution in [0.5, 0.6) is 11.6 Å². The Morgan fingerprint density at radius 2 is 2.10 bits per heavy atom. The normalized spacial score (nSPS) is 10.5. The molecule has 0 aliphatic heterocycles. The van der Waals surface area contributed by atoms with E-state index in [1.165, 1.54) is 11.8 Å². The number of anilines is 1. The van der Waals surface area contributed by atoms with Crippen molar-refractivity contribution in [1.82, 2.24) is 9.97 Å². The summed E-state index contributed by atoms with van der Waals surface area (Å²) in [4.78, 5) is 8.77. The molecule has 0 radical (unpaired) electrons. The van der Waals surface area contributed by atoms with Crippen molar-refractivity contribution in [2.24, 2.45) is 0 Å². The molecular weight excluding hydrogens is 306 g/mol. The van der Waals surface area contributed by atoms with Gasteiger partial charge in [-0.3, -0.25) is 0 Å². The summed E-state index contributed by atoms with van der Waals surface area (Å²) in [5, 5.41) is 4.65. The molecule has 0 bridgehead atoms. The Balaban J connectivity index is 2.23. The van der Waals surface area contributed by atoms with Gasteiger partial charge in [0.05, 0.1) is 0 Å². The number of ether oxygens (including phenoxy) is 1. The summed E-state index contributed by atoms with van der Waals surface area (Å²) < 4.78 is 5.81. The fraction of sp³-hybridized carbons (Fsp3) is 0.333. The molecule has 0 aliphatic carbocycles. The molecular formula is C15H18ClN3OS. The molecule has 0 amide bonds. The molecule has 0 aliphatic rings. The minimum absolute atomic E-state index is 0.523. The quantitative estimate of drug-likeness (QED) is 0.612. The average molecular weight is 324 g/mol. The predicted molar refractivity (Wildman–Crippen MR) is 88.9 cm³/mol. The first-order valence-electron chi connectivity index (χ1n) is 6.73. The Labute approximate surface area is 134 Å². The maximum absolute atomic E-state index is 6.02. The lowest BCUT2D eigenvalue weighted by Gasteiger charge is -2.10. The summed E-state index contributed by atoms with van der Waals surface area (Å²) in [7, 11) is 0.